The molecule has 4 unspecified atom stereocenters. The van der Waals surface area contributed by atoms with E-state index in [4.69, 9.17) is 0 Å². The highest BCUT2D eigenvalue weighted by atomic mass is 16.3. The lowest BCUT2D eigenvalue weighted by Crippen LogP contribution is -2.22. The fourth-order valence-corrected chi connectivity index (χ4v) is 3.73. The summed E-state index contributed by atoms with van der Waals surface area (Å²) in [5, 5.41) is 10.5. The molecule has 2 bridgehead atoms. The van der Waals surface area contributed by atoms with Crippen LogP contribution in [0.5, 0.6) is 0 Å². The minimum absolute atomic E-state index is 0.342. The number of imidazole rings is 1. The van der Waals surface area contributed by atoms with Crippen LogP contribution in [0.25, 0.3) is 0 Å². The highest BCUT2D eigenvalue weighted by molar-refractivity contribution is 5.03. The molecule has 1 aromatic heterocycles. The molecule has 1 N–H and O–H groups in total. The monoisotopic (exact) mass is 220 g/mol. The zero-order valence-corrected chi connectivity index (χ0v) is 9.84. The van der Waals surface area contributed by atoms with Crippen LogP contribution < -0.4 is 0 Å². The van der Waals surface area contributed by atoms with Gasteiger partial charge in [0.2, 0.25) is 0 Å². The van der Waals surface area contributed by atoms with Gasteiger partial charge in [0.05, 0.1) is 0 Å². The molecule has 2 aliphatic rings. The van der Waals surface area contributed by atoms with Gasteiger partial charge in [0.15, 0.2) is 0 Å². The molecule has 0 aliphatic heterocycles. The number of fused-ring (bicyclic) bond motifs is 2. The smallest absolute Gasteiger partial charge is 0.137 e. The molecule has 2 saturated carbocycles. The Bertz CT molecular complexity index is 374. The molecular formula is C13H20N2O. The second-order valence-corrected chi connectivity index (χ2v) is 5.36. The van der Waals surface area contributed by atoms with E-state index in [0.29, 0.717) is 5.92 Å². The summed E-state index contributed by atoms with van der Waals surface area (Å²) in [7, 11) is 0. The largest absolute Gasteiger partial charge is 0.385 e. The average molecular weight is 220 g/mol. The van der Waals surface area contributed by atoms with Crippen molar-refractivity contribution < 1.29 is 5.11 Å². The van der Waals surface area contributed by atoms with E-state index in [-0.39, 0.29) is 6.10 Å². The Morgan fingerprint density at radius 2 is 2.38 bits per heavy atom. The second kappa shape index (κ2) is 3.88. The Kier molecular flexibility index (Phi) is 2.51. The van der Waals surface area contributed by atoms with Crippen LogP contribution in [0, 0.1) is 17.8 Å². The molecule has 3 heteroatoms. The van der Waals surface area contributed by atoms with E-state index in [1.165, 1.54) is 25.7 Å². The normalized spacial score (nSPS) is 34.5. The summed E-state index contributed by atoms with van der Waals surface area (Å²) in [5.41, 5.74) is 0. The maximum absolute atomic E-state index is 10.5. The summed E-state index contributed by atoms with van der Waals surface area (Å²) >= 11 is 0. The predicted molar refractivity (Wildman–Crippen MR) is 61.8 cm³/mol. The number of rotatable bonds is 3. The summed E-state index contributed by atoms with van der Waals surface area (Å²) in [6.07, 6.45) is 8.68. The van der Waals surface area contributed by atoms with Gasteiger partial charge in [0, 0.05) is 18.9 Å². The molecule has 0 spiro atoms. The molecule has 3 nitrogen and oxygen atoms in total. The van der Waals surface area contributed by atoms with Crippen molar-refractivity contribution in [3.05, 3.63) is 18.2 Å². The second-order valence-electron chi connectivity index (χ2n) is 5.36. The Labute approximate surface area is 96.5 Å². The van der Waals surface area contributed by atoms with Crippen LogP contribution in [0.1, 0.15) is 44.5 Å². The van der Waals surface area contributed by atoms with Gasteiger partial charge in [-0.15, -0.1) is 0 Å². The van der Waals surface area contributed by atoms with Crippen molar-refractivity contribution in [1.82, 2.24) is 9.55 Å². The summed E-state index contributed by atoms with van der Waals surface area (Å²) in [4.78, 5) is 4.33. The van der Waals surface area contributed by atoms with Crippen LogP contribution >= 0.6 is 0 Å². The lowest BCUT2D eigenvalue weighted by Gasteiger charge is -2.26. The van der Waals surface area contributed by atoms with Gasteiger partial charge < -0.3 is 9.67 Å². The third-order valence-electron chi connectivity index (χ3n) is 4.55. The van der Waals surface area contributed by atoms with Crippen LogP contribution in [-0.4, -0.2) is 14.7 Å². The SMILES string of the molecule is CCn1ccnc1C(O)C1CC2CCC1C2. The van der Waals surface area contributed by atoms with Crippen molar-refractivity contribution >= 4 is 0 Å². The Morgan fingerprint density at radius 3 is 3.00 bits per heavy atom. The van der Waals surface area contributed by atoms with E-state index in [1.807, 2.05) is 6.20 Å². The maximum Gasteiger partial charge on any atom is 0.137 e. The molecule has 2 aliphatic carbocycles. The zero-order valence-electron chi connectivity index (χ0n) is 9.84. The number of hydrogen-bond donors (Lipinski definition) is 1. The van der Waals surface area contributed by atoms with Gasteiger partial charge in [0.25, 0.3) is 0 Å². The van der Waals surface area contributed by atoms with E-state index in [0.717, 1.165) is 24.2 Å². The average Bonchev–Trinajstić information content (AvgIpc) is 3.02. The number of aryl methyl sites for hydroxylation is 1. The fraction of sp³-hybridized carbons (Fsp3) is 0.769. The first kappa shape index (κ1) is 10.3. The minimum atomic E-state index is -0.342. The number of aromatic nitrogens is 2. The zero-order chi connectivity index (χ0) is 11.1. The molecule has 1 heterocycles. The molecule has 2 fully saturated rings. The number of aliphatic hydroxyl groups excluding tert-OH is 1. The van der Waals surface area contributed by atoms with Crippen LogP contribution in [0.4, 0.5) is 0 Å². The van der Waals surface area contributed by atoms with E-state index in [2.05, 4.69) is 16.5 Å². The van der Waals surface area contributed by atoms with Crippen molar-refractivity contribution in [2.75, 3.05) is 0 Å². The summed E-state index contributed by atoms with van der Waals surface area (Å²) in [6, 6.07) is 0. The third-order valence-corrected chi connectivity index (χ3v) is 4.55. The molecule has 4 atom stereocenters. The maximum atomic E-state index is 10.5. The quantitative estimate of drug-likeness (QED) is 0.849. The van der Waals surface area contributed by atoms with Gasteiger partial charge in [0.1, 0.15) is 11.9 Å². The van der Waals surface area contributed by atoms with Gasteiger partial charge in [-0.05, 0) is 43.9 Å². The Morgan fingerprint density at radius 1 is 1.50 bits per heavy atom. The minimum Gasteiger partial charge on any atom is -0.385 e. The van der Waals surface area contributed by atoms with Crippen LogP contribution in [0.15, 0.2) is 12.4 Å². The van der Waals surface area contributed by atoms with E-state index < -0.39 is 0 Å². The first-order chi connectivity index (χ1) is 7.79. The Balaban J connectivity index is 1.80. The molecule has 1 aromatic rings. The first-order valence-corrected chi connectivity index (χ1v) is 6.48. The van der Waals surface area contributed by atoms with Gasteiger partial charge in [-0.3, -0.25) is 0 Å². The van der Waals surface area contributed by atoms with Crippen LogP contribution in [0.2, 0.25) is 0 Å². The van der Waals surface area contributed by atoms with Crippen molar-refractivity contribution in [3.8, 4) is 0 Å². The van der Waals surface area contributed by atoms with Crippen molar-refractivity contribution in [2.45, 2.75) is 45.3 Å². The topological polar surface area (TPSA) is 38.0 Å². The van der Waals surface area contributed by atoms with Crippen LogP contribution in [0.3, 0.4) is 0 Å². The van der Waals surface area contributed by atoms with Crippen LogP contribution in [-0.2, 0) is 6.54 Å². The summed E-state index contributed by atoms with van der Waals surface area (Å²) in [6.45, 7) is 2.99. The van der Waals surface area contributed by atoms with Crippen molar-refractivity contribution in [1.29, 1.82) is 0 Å². The van der Waals surface area contributed by atoms with E-state index in [9.17, 15) is 5.11 Å². The molecule has 16 heavy (non-hydrogen) atoms. The van der Waals surface area contributed by atoms with Crippen molar-refractivity contribution in [2.24, 2.45) is 17.8 Å². The number of nitrogens with zero attached hydrogens (tertiary/aromatic N) is 2. The number of hydrogen-bond acceptors (Lipinski definition) is 2. The first-order valence-electron chi connectivity index (χ1n) is 6.48. The number of aliphatic hydroxyl groups is 1. The molecule has 3 rings (SSSR count). The fourth-order valence-electron chi connectivity index (χ4n) is 3.73. The van der Waals surface area contributed by atoms with Gasteiger partial charge in [-0.1, -0.05) is 6.42 Å². The lowest BCUT2D eigenvalue weighted by molar-refractivity contribution is 0.0642. The molecule has 0 radical (unpaired) electrons. The van der Waals surface area contributed by atoms with Crippen molar-refractivity contribution in [3.63, 3.8) is 0 Å². The molecule has 0 amide bonds. The summed E-state index contributed by atoms with van der Waals surface area (Å²) in [5.74, 6) is 2.98. The molecule has 88 valence electrons. The molecule has 0 aromatic carbocycles. The van der Waals surface area contributed by atoms with E-state index in [1.54, 1.807) is 6.20 Å². The molecular weight excluding hydrogens is 200 g/mol. The van der Waals surface area contributed by atoms with Gasteiger partial charge in [-0.25, -0.2) is 4.98 Å². The third kappa shape index (κ3) is 1.49. The van der Waals surface area contributed by atoms with Gasteiger partial charge in [-0.2, -0.15) is 0 Å². The van der Waals surface area contributed by atoms with E-state index >= 15 is 0 Å². The predicted octanol–water partition coefficient (Wildman–Crippen LogP) is 2.37. The molecule has 0 saturated heterocycles. The Hall–Kier alpha value is -0.830. The lowest BCUT2D eigenvalue weighted by atomic mass is 9.84. The highest BCUT2D eigenvalue weighted by Gasteiger charge is 2.43. The highest BCUT2D eigenvalue weighted by Crippen LogP contribution is 2.52. The standard InChI is InChI=1S/C13H20N2O/c1-2-15-6-5-14-13(15)12(16)11-8-9-3-4-10(11)7-9/h5-6,9-12,16H,2-4,7-8H2,1H3. The van der Waals surface area contributed by atoms with Gasteiger partial charge >= 0.3 is 0 Å². The summed E-state index contributed by atoms with van der Waals surface area (Å²) < 4.78 is 2.07.